The van der Waals surface area contributed by atoms with Crippen molar-refractivity contribution >= 4 is 6.03 Å². The molecule has 0 heterocycles. The van der Waals surface area contributed by atoms with Gasteiger partial charge in [0.1, 0.15) is 0 Å². The molecule has 23 heavy (non-hydrogen) atoms. The van der Waals surface area contributed by atoms with Crippen molar-refractivity contribution in [3.63, 3.8) is 0 Å². The van der Waals surface area contributed by atoms with Crippen LogP contribution in [0.15, 0.2) is 60.7 Å². The third-order valence-corrected chi connectivity index (χ3v) is 3.58. The summed E-state index contributed by atoms with van der Waals surface area (Å²) < 4.78 is 0. The Morgan fingerprint density at radius 2 is 1.52 bits per heavy atom. The molecule has 4 nitrogen and oxygen atoms in total. The molecular weight excluding hydrogens is 288 g/mol. The number of benzene rings is 2. The summed E-state index contributed by atoms with van der Waals surface area (Å²) in [4.78, 5) is 11.7. The monoisotopic (exact) mass is 312 g/mol. The maximum absolute atomic E-state index is 11.7. The third kappa shape index (κ3) is 6.98. The zero-order valence-corrected chi connectivity index (χ0v) is 13.2. The van der Waals surface area contributed by atoms with Crippen molar-refractivity contribution in [2.24, 2.45) is 0 Å². The number of urea groups is 1. The highest BCUT2D eigenvalue weighted by molar-refractivity contribution is 5.73. The molecule has 0 aliphatic rings. The number of carbonyl (C=O) groups excluding carboxylic acids is 1. The molecule has 0 bridgehead atoms. The van der Waals surface area contributed by atoms with E-state index in [9.17, 15) is 9.90 Å². The van der Waals surface area contributed by atoms with E-state index in [4.69, 9.17) is 0 Å². The van der Waals surface area contributed by atoms with Crippen LogP contribution >= 0.6 is 0 Å². The average molecular weight is 312 g/mol. The number of aryl methyl sites for hydroxylation is 1. The van der Waals surface area contributed by atoms with Gasteiger partial charge >= 0.3 is 6.03 Å². The maximum atomic E-state index is 11.7. The van der Waals surface area contributed by atoms with E-state index in [2.05, 4.69) is 22.8 Å². The highest BCUT2D eigenvalue weighted by Crippen LogP contribution is 2.03. The first-order chi connectivity index (χ1) is 11.2. The van der Waals surface area contributed by atoms with Crippen LogP contribution in [0.3, 0.4) is 0 Å². The Morgan fingerprint density at radius 3 is 2.17 bits per heavy atom. The minimum absolute atomic E-state index is 0.231. The molecule has 0 radical (unpaired) electrons. The van der Waals surface area contributed by atoms with Crippen molar-refractivity contribution < 1.29 is 9.90 Å². The minimum atomic E-state index is -0.576. The number of nitrogens with one attached hydrogen (secondary N) is 2. The van der Waals surface area contributed by atoms with E-state index in [1.54, 1.807) is 0 Å². The second-order valence-corrected chi connectivity index (χ2v) is 5.57. The molecule has 0 spiro atoms. The summed E-state index contributed by atoms with van der Waals surface area (Å²) in [6.45, 7) is 0.870. The van der Waals surface area contributed by atoms with Crippen LogP contribution in [0.5, 0.6) is 0 Å². The van der Waals surface area contributed by atoms with Crippen LogP contribution in [0.1, 0.15) is 17.5 Å². The summed E-state index contributed by atoms with van der Waals surface area (Å²) in [6, 6.07) is 19.7. The van der Waals surface area contributed by atoms with Crippen molar-refractivity contribution in [1.29, 1.82) is 0 Å². The molecule has 2 aromatic carbocycles. The summed E-state index contributed by atoms with van der Waals surface area (Å²) >= 11 is 0. The zero-order valence-electron chi connectivity index (χ0n) is 13.2. The largest absolute Gasteiger partial charge is 0.391 e. The lowest BCUT2D eigenvalue weighted by Crippen LogP contribution is -2.40. The van der Waals surface area contributed by atoms with Gasteiger partial charge in [0.25, 0.3) is 0 Å². The Labute approximate surface area is 137 Å². The summed E-state index contributed by atoms with van der Waals surface area (Å²) in [5.74, 6) is 0. The van der Waals surface area contributed by atoms with Gasteiger partial charge in [-0.1, -0.05) is 60.7 Å². The number of hydrogen-bond donors (Lipinski definition) is 3. The summed E-state index contributed by atoms with van der Waals surface area (Å²) in [6.07, 6.45) is 1.80. The minimum Gasteiger partial charge on any atom is -0.391 e. The molecule has 0 aliphatic carbocycles. The van der Waals surface area contributed by atoms with E-state index in [0.29, 0.717) is 13.0 Å². The predicted molar refractivity (Wildman–Crippen MR) is 92.3 cm³/mol. The molecule has 1 unspecified atom stereocenters. The summed E-state index contributed by atoms with van der Waals surface area (Å²) in [7, 11) is 0. The molecule has 2 amide bonds. The van der Waals surface area contributed by atoms with Gasteiger partial charge in [-0.3, -0.25) is 0 Å². The standard InChI is InChI=1S/C19H24N2O2/c22-18(14-17-10-5-2-6-11-17)15-21-19(23)20-13-7-12-16-8-3-1-4-9-16/h1-6,8-11,18,22H,7,12-15H2,(H2,20,21,23). The molecule has 0 aromatic heterocycles. The van der Waals surface area contributed by atoms with Crippen LogP contribution in [-0.4, -0.2) is 30.3 Å². The van der Waals surface area contributed by atoms with Gasteiger partial charge in [0.15, 0.2) is 0 Å². The molecule has 0 saturated heterocycles. The lowest BCUT2D eigenvalue weighted by molar-refractivity contribution is 0.170. The molecule has 0 saturated carbocycles. The quantitative estimate of drug-likeness (QED) is 0.656. The van der Waals surface area contributed by atoms with Gasteiger partial charge in [-0.2, -0.15) is 0 Å². The lowest BCUT2D eigenvalue weighted by Gasteiger charge is -2.12. The SMILES string of the molecule is O=C(NCCCc1ccccc1)NCC(O)Cc1ccccc1. The zero-order chi connectivity index (χ0) is 16.3. The molecule has 0 aliphatic heterocycles. The Morgan fingerprint density at radius 1 is 0.913 bits per heavy atom. The fourth-order valence-electron chi connectivity index (χ4n) is 2.37. The average Bonchev–Trinajstić information content (AvgIpc) is 2.59. The van der Waals surface area contributed by atoms with Crippen LogP contribution in [0.2, 0.25) is 0 Å². The molecule has 2 rings (SSSR count). The van der Waals surface area contributed by atoms with Crippen molar-refractivity contribution in [1.82, 2.24) is 10.6 Å². The Kier molecular flexibility index (Phi) is 7.14. The first-order valence-corrected chi connectivity index (χ1v) is 8.01. The number of aliphatic hydroxyl groups is 1. The molecule has 2 aromatic rings. The van der Waals surface area contributed by atoms with Crippen LogP contribution in [0, 0.1) is 0 Å². The maximum Gasteiger partial charge on any atom is 0.314 e. The smallest absolute Gasteiger partial charge is 0.314 e. The van der Waals surface area contributed by atoms with Crippen molar-refractivity contribution in [3.05, 3.63) is 71.8 Å². The van der Waals surface area contributed by atoms with E-state index in [1.165, 1.54) is 5.56 Å². The first kappa shape index (κ1) is 17.0. The predicted octanol–water partition coefficient (Wildman–Crippen LogP) is 2.52. The molecule has 3 N–H and O–H groups in total. The fraction of sp³-hybridized carbons (Fsp3) is 0.316. The molecule has 1 atom stereocenters. The van der Waals surface area contributed by atoms with Crippen molar-refractivity contribution in [2.45, 2.75) is 25.4 Å². The van der Waals surface area contributed by atoms with Gasteiger partial charge in [0.2, 0.25) is 0 Å². The van der Waals surface area contributed by atoms with Gasteiger partial charge in [-0.25, -0.2) is 4.79 Å². The number of rotatable bonds is 8. The van der Waals surface area contributed by atoms with Crippen LogP contribution in [0.4, 0.5) is 4.79 Å². The van der Waals surface area contributed by atoms with Gasteiger partial charge in [0, 0.05) is 19.5 Å². The molecular formula is C19H24N2O2. The van der Waals surface area contributed by atoms with Crippen LogP contribution in [-0.2, 0) is 12.8 Å². The van der Waals surface area contributed by atoms with E-state index < -0.39 is 6.10 Å². The van der Waals surface area contributed by atoms with E-state index >= 15 is 0 Å². The second-order valence-electron chi connectivity index (χ2n) is 5.57. The molecule has 122 valence electrons. The first-order valence-electron chi connectivity index (χ1n) is 8.01. The van der Waals surface area contributed by atoms with Gasteiger partial charge in [-0.15, -0.1) is 0 Å². The normalized spacial score (nSPS) is 11.7. The van der Waals surface area contributed by atoms with Gasteiger partial charge in [0.05, 0.1) is 6.10 Å². The lowest BCUT2D eigenvalue weighted by atomic mass is 10.1. The fourth-order valence-corrected chi connectivity index (χ4v) is 2.37. The second kappa shape index (κ2) is 9.64. The number of aliphatic hydroxyl groups excluding tert-OH is 1. The highest BCUT2D eigenvalue weighted by atomic mass is 16.3. The molecule has 0 fully saturated rings. The Balaban J connectivity index is 1.56. The third-order valence-electron chi connectivity index (χ3n) is 3.58. The Bertz CT molecular complexity index is 572. The summed E-state index contributed by atoms with van der Waals surface area (Å²) in [5, 5.41) is 15.4. The van der Waals surface area contributed by atoms with Gasteiger partial charge in [-0.05, 0) is 24.0 Å². The van der Waals surface area contributed by atoms with E-state index in [0.717, 1.165) is 18.4 Å². The van der Waals surface area contributed by atoms with E-state index in [1.807, 2.05) is 48.5 Å². The van der Waals surface area contributed by atoms with Crippen LogP contribution in [0.25, 0.3) is 0 Å². The van der Waals surface area contributed by atoms with Crippen molar-refractivity contribution in [3.8, 4) is 0 Å². The van der Waals surface area contributed by atoms with E-state index in [-0.39, 0.29) is 12.6 Å². The Hall–Kier alpha value is -2.33. The van der Waals surface area contributed by atoms with Crippen LogP contribution < -0.4 is 10.6 Å². The number of amides is 2. The topological polar surface area (TPSA) is 61.4 Å². The number of hydrogen-bond acceptors (Lipinski definition) is 2. The van der Waals surface area contributed by atoms with Gasteiger partial charge < -0.3 is 15.7 Å². The summed E-state index contributed by atoms with van der Waals surface area (Å²) in [5.41, 5.74) is 2.33. The molecule has 4 heteroatoms. The highest BCUT2D eigenvalue weighted by Gasteiger charge is 2.07. The number of carbonyl (C=O) groups is 1. The van der Waals surface area contributed by atoms with Crippen molar-refractivity contribution in [2.75, 3.05) is 13.1 Å².